The SMILES string of the molecule is CN(C)CCCOc1ccc2nc(NC(=O)/C(=N/N3CCCC3)c3ccc(S(=O)(=O)[C@H]4CCOC4)cc3)sc2n1. The third-order valence-corrected chi connectivity index (χ3v) is 9.83. The first-order chi connectivity index (χ1) is 19.3. The Morgan fingerprint density at radius 2 is 1.95 bits per heavy atom. The lowest BCUT2D eigenvalue weighted by atomic mass is 10.1. The second-order valence-corrected chi connectivity index (χ2v) is 13.3. The topological polar surface area (TPSA) is 126 Å². The Bertz CT molecular complexity index is 1460. The quantitative estimate of drug-likeness (QED) is 0.267. The summed E-state index contributed by atoms with van der Waals surface area (Å²) in [5.74, 6) is 0.0918. The van der Waals surface area contributed by atoms with Crippen LogP contribution in [0.15, 0.2) is 46.4 Å². The van der Waals surface area contributed by atoms with Gasteiger partial charge in [0.05, 0.1) is 23.4 Å². The minimum atomic E-state index is -3.51. The lowest BCUT2D eigenvalue weighted by molar-refractivity contribution is -0.110. The number of sulfone groups is 1. The number of benzene rings is 1. The van der Waals surface area contributed by atoms with Crippen molar-refractivity contribution in [2.45, 2.75) is 35.8 Å². The third-order valence-electron chi connectivity index (χ3n) is 6.77. The van der Waals surface area contributed by atoms with E-state index in [0.717, 1.165) is 38.9 Å². The minimum Gasteiger partial charge on any atom is -0.478 e. The Labute approximate surface area is 238 Å². The lowest BCUT2D eigenvalue weighted by Crippen LogP contribution is -2.27. The molecule has 0 radical (unpaired) electrons. The summed E-state index contributed by atoms with van der Waals surface area (Å²) in [7, 11) is 0.532. The summed E-state index contributed by atoms with van der Waals surface area (Å²) >= 11 is 1.26. The van der Waals surface area contributed by atoms with E-state index >= 15 is 0 Å². The van der Waals surface area contributed by atoms with E-state index in [4.69, 9.17) is 9.47 Å². The van der Waals surface area contributed by atoms with Gasteiger partial charge < -0.3 is 14.4 Å². The molecule has 1 N–H and O–H groups in total. The number of hydrogen-bond acceptors (Lipinski definition) is 11. The molecule has 0 bridgehead atoms. The molecule has 1 atom stereocenters. The highest BCUT2D eigenvalue weighted by Crippen LogP contribution is 2.27. The second-order valence-electron chi connectivity index (χ2n) is 10.1. The molecule has 1 amide bonds. The van der Waals surface area contributed by atoms with E-state index in [1.165, 1.54) is 23.5 Å². The number of nitrogens with one attached hydrogen (secondary N) is 1. The Hall–Kier alpha value is -3.13. The highest BCUT2D eigenvalue weighted by atomic mass is 32.2. The van der Waals surface area contributed by atoms with Gasteiger partial charge in [-0.3, -0.25) is 15.1 Å². The van der Waals surface area contributed by atoms with E-state index in [9.17, 15) is 13.2 Å². The van der Waals surface area contributed by atoms with Crippen LogP contribution in [0.1, 0.15) is 31.2 Å². The average molecular weight is 587 g/mol. The lowest BCUT2D eigenvalue weighted by Gasteiger charge is -2.15. The average Bonchev–Trinajstić information content (AvgIpc) is 3.72. The Morgan fingerprint density at radius 3 is 2.65 bits per heavy atom. The standard InChI is InChI=1S/C27H34N6O5S2/c1-32(2)13-5-16-38-23-11-10-22-26(29-23)39-27(28-22)30-25(34)24(31-33-14-3-4-15-33)19-6-8-20(9-7-19)40(35,36)21-12-17-37-18-21/h6-11,21H,3-5,12-18H2,1-2H3,(H,28,30,34)/b31-24+/t21-/m0/s1. The molecule has 4 heterocycles. The largest absolute Gasteiger partial charge is 0.478 e. The van der Waals surface area contributed by atoms with Gasteiger partial charge in [0.1, 0.15) is 10.3 Å². The van der Waals surface area contributed by atoms with Gasteiger partial charge in [0.15, 0.2) is 20.7 Å². The number of fused-ring (bicyclic) bond motifs is 1. The van der Waals surface area contributed by atoms with Crippen molar-refractivity contribution >= 4 is 48.3 Å². The number of hydrogen-bond donors (Lipinski definition) is 1. The number of anilines is 1. The number of amides is 1. The summed E-state index contributed by atoms with van der Waals surface area (Å²) in [4.78, 5) is 25.5. The van der Waals surface area contributed by atoms with Gasteiger partial charge >= 0.3 is 0 Å². The molecule has 2 aromatic heterocycles. The van der Waals surface area contributed by atoms with Crippen LogP contribution in [0.4, 0.5) is 5.13 Å². The van der Waals surface area contributed by atoms with Crippen LogP contribution >= 0.6 is 11.3 Å². The van der Waals surface area contributed by atoms with Gasteiger partial charge in [0.25, 0.3) is 5.91 Å². The molecule has 40 heavy (non-hydrogen) atoms. The molecule has 2 saturated heterocycles. The van der Waals surface area contributed by atoms with Crippen molar-refractivity contribution in [3.63, 3.8) is 0 Å². The first-order valence-corrected chi connectivity index (χ1v) is 15.8. The minimum absolute atomic E-state index is 0.201. The van der Waals surface area contributed by atoms with E-state index in [2.05, 4.69) is 25.3 Å². The molecule has 0 saturated carbocycles. The van der Waals surface area contributed by atoms with Gasteiger partial charge in [0, 0.05) is 37.9 Å². The molecule has 0 aliphatic carbocycles. The number of pyridine rings is 1. The van der Waals surface area contributed by atoms with Crippen LogP contribution in [-0.2, 0) is 19.4 Å². The van der Waals surface area contributed by atoms with Gasteiger partial charge in [-0.15, -0.1) is 0 Å². The fourth-order valence-electron chi connectivity index (χ4n) is 4.58. The molecule has 0 spiro atoms. The molecule has 214 valence electrons. The van der Waals surface area contributed by atoms with Crippen molar-refractivity contribution in [1.29, 1.82) is 0 Å². The van der Waals surface area contributed by atoms with Crippen molar-refractivity contribution in [2.24, 2.45) is 5.10 Å². The normalized spacial score (nSPS) is 18.1. The van der Waals surface area contributed by atoms with Crippen LogP contribution in [0.3, 0.4) is 0 Å². The van der Waals surface area contributed by atoms with E-state index in [1.54, 1.807) is 18.2 Å². The number of thiazole rings is 1. The van der Waals surface area contributed by atoms with Gasteiger partial charge in [-0.1, -0.05) is 23.5 Å². The van der Waals surface area contributed by atoms with Crippen molar-refractivity contribution in [2.75, 3.05) is 58.9 Å². The number of rotatable bonds is 11. The number of aromatic nitrogens is 2. The van der Waals surface area contributed by atoms with Crippen LogP contribution in [0.2, 0.25) is 0 Å². The molecule has 0 unspecified atom stereocenters. The zero-order valence-electron chi connectivity index (χ0n) is 22.7. The molecule has 5 rings (SSSR count). The summed E-state index contributed by atoms with van der Waals surface area (Å²) in [5, 5.41) is 9.23. The van der Waals surface area contributed by atoms with Crippen LogP contribution in [0.5, 0.6) is 5.88 Å². The highest BCUT2D eigenvalue weighted by molar-refractivity contribution is 7.92. The summed E-state index contributed by atoms with van der Waals surface area (Å²) in [6.07, 6.45) is 3.37. The zero-order chi connectivity index (χ0) is 28.1. The highest BCUT2D eigenvalue weighted by Gasteiger charge is 2.31. The van der Waals surface area contributed by atoms with E-state index in [1.807, 2.05) is 25.2 Å². The monoisotopic (exact) mass is 586 g/mol. The Kier molecular flexibility index (Phi) is 8.94. The van der Waals surface area contributed by atoms with Gasteiger partial charge in [-0.2, -0.15) is 5.10 Å². The van der Waals surface area contributed by atoms with E-state index < -0.39 is 21.0 Å². The predicted octanol–water partition coefficient (Wildman–Crippen LogP) is 3.02. The summed E-state index contributed by atoms with van der Waals surface area (Å²) in [6.45, 7) is 3.65. The molecule has 3 aromatic rings. The molecule has 2 fully saturated rings. The van der Waals surface area contributed by atoms with Crippen LogP contribution < -0.4 is 10.1 Å². The van der Waals surface area contributed by atoms with Crippen molar-refractivity contribution in [3.8, 4) is 5.88 Å². The molecular weight excluding hydrogens is 552 g/mol. The number of carbonyl (C=O) groups is 1. The molecule has 11 nitrogen and oxygen atoms in total. The maximum absolute atomic E-state index is 13.5. The van der Waals surface area contributed by atoms with Crippen molar-refractivity contribution in [1.82, 2.24) is 19.9 Å². The fourth-order valence-corrected chi connectivity index (χ4v) is 6.98. The van der Waals surface area contributed by atoms with E-state index in [0.29, 0.717) is 46.6 Å². The molecule has 2 aliphatic heterocycles. The maximum Gasteiger partial charge on any atom is 0.278 e. The number of nitrogens with zero attached hydrogens (tertiary/aromatic N) is 5. The number of carbonyl (C=O) groups excluding carboxylic acids is 1. The summed E-state index contributed by atoms with van der Waals surface area (Å²) in [6, 6.07) is 9.95. The molecule has 1 aromatic carbocycles. The molecule has 2 aliphatic rings. The first-order valence-electron chi connectivity index (χ1n) is 13.4. The Balaban J connectivity index is 1.33. The van der Waals surface area contributed by atoms with Gasteiger partial charge in [-0.05, 0) is 58.0 Å². The first kappa shape index (κ1) is 28.4. The van der Waals surface area contributed by atoms with Crippen molar-refractivity contribution in [3.05, 3.63) is 42.0 Å². The molecular formula is C27H34N6O5S2. The van der Waals surface area contributed by atoms with E-state index in [-0.39, 0.29) is 17.2 Å². The second kappa shape index (κ2) is 12.6. The number of ether oxygens (including phenoxy) is 2. The van der Waals surface area contributed by atoms with Gasteiger partial charge in [-0.25, -0.2) is 18.4 Å². The summed E-state index contributed by atoms with van der Waals surface area (Å²) < 4.78 is 37.0. The third kappa shape index (κ3) is 6.77. The smallest absolute Gasteiger partial charge is 0.278 e. The van der Waals surface area contributed by atoms with Crippen LogP contribution in [0, 0.1) is 0 Å². The zero-order valence-corrected chi connectivity index (χ0v) is 24.3. The maximum atomic E-state index is 13.5. The molecule has 13 heteroatoms. The summed E-state index contributed by atoms with van der Waals surface area (Å²) in [5.41, 5.74) is 1.38. The van der Waals surface area contributed by atoms with Gasteiger partial charge in [0.2, 0.25) is 5.88 Å². The van der Waals surface area contributed by atoms with Crippen molar-refractivity contribution < 1.29 is 22.7 Å². The predicted molar refractivity (Wildman–Crippen MR) is 155 cm³/mol. The van der Waals surface area contributed by atoms with Crippen LogP contribution in [-0.4, -0.2) is 98.7 Å². The Morgan fingerprint density at radius 1 is 1.18 bits per heavy atom. The van der Waals surface area contributed by atoms with Crippen LogP contribution in [0.25, 0.3) is 10.3 Å². The number of hydrazone groups is 1. The fraction of sp³-hybridized carbons (Fsp3) is 0.481.